The predicted octanol–water partition coefficient (Wildman–Crippen LogP) is 3.22. The number of nitrogens with one attached hydrogen (secondary N) is 1. The number of methoxy groups -OCH3 is 1. The highest BCUT2D eigenvalue weighted by molar-refractivity contribution is 5.84. The number of hydrogen-bond donors (Lipinski definition) is 1. The van der Waals surface area contributed by atoms with E-state index in [4.69, 9.17) is 9.47 Å². The lowest BCUT2D eigenvalue weighted by molar-refractivity contribution is -0.123. The Labute approximate surface area is 174 Å². The third kappa shape index (κ3) is 4.30. The van der Waals surface area contributed by atoms with E-state index in [1.54, 1.807) is 30.0 Å². The van der Waals surface area contributed by atoms with Crippen LogP contribution in [0.1, 0.15) is 37.4 Å². The van der Waals surface area contributed by atoms with Gasteiger partial charge in [-0.25, -0.2) is 4.68 Å². The molecule has 0 atom stereocenters. The highest BCUT2D eigenvalue weighted by atomic mass is 16.5. The number of hydrogen-bond acceptors (Lipinski definition) is 5. The highest BCUT2D eigenvalue weighted by Crippen LogP contribution is 2.28. The van der Waals surface area contributed by atoms with Crippen LogP contribution < -0.4 is 20.3 Å². The van der Waals surface area contributed by atoms with Crippen LogP contribution in [0.15, 0.2) is 53.3 Å². The molecule has 0 unspecified atom stereocenters. The number of benzene rings is 2. The molecule has 156 valence electrons. The fourth-order valence-corrected chi connectivity index (χ4v) is 3.87. The van der Waals surface area contributed by atoms with Crippen LogP contribution in [0.3, 0.4) is 0 Å². The summed E-state index contributed by atoms with van der Waals surface area (Å²) in [5.74, 6) is 0.961. The van der Waals surface area contributed by atoms with Gasteiger partial charge in [-0.05, 0) is 31.0 Å². The Morgan fingerprint density at radius 1 is 1.10 bits per heavy atom. The topological polar surface area (TPSA) is 82.4 Å². The summed E-state index contributed by atoms with van der Waals surface area (Å²) in [6.07, 6.45) is 4.15. The smallest absolute Gasteiger partial charge is 0.274 e. The van der Waals surface area contributed by atoms with Crippen molar-refractivity contribution in [2.75, 3.05) is 13.7 Å². The number of rotatable bonds is 7. The van der Waals surface area contributed by atoms with E-state index in [-0.39, 0.29) is 30.7 Å². The van der Waals surface area contributed by atoms with Gasteiger partial charge >= 0.3 is 0 Å². The first-order valence-electron chi connectivity index (χ1n) is 10.2. The second-order valence-corrected chi connectivity index (χ2v) is 7.42. The van der Waals surface area contributed by atoms with E-state index in [9.17, 15) is 9.59 Å². The number of carbonyl (C=O) groups is 1. The van der Waals surface area contributed by atoms with Gasteiger partial charge in [-0.2, -0.15) is 5.10 Å². The molecule has 3 aromatic rings. The van der Waals surface area contributed by atoms with Crippen molar-refractivity contribution in [1.82, 2.24) is 15.1 Å². The molecule has 4 rings (SSSR count). The van der Waals surface area contributed by atoms with E-state index in [0.29, 0.717) is 22.6 Å². The monoisotopic (exact) mass is 407 g/mol. The molecule has 2 aromatic carbocycles. The minimum Gasteiger partial charge on any atom is -0.497 e. The summed E-state index contributed by atoms with van der Waals surface area (Å²) < 4.78 is 12.3. The Bertz CT molecular complexity index is 1100. The highest BCUT2D eigenvalue weighted by Gasteiger charge is 2.21. The second-order valence-electron chi connectivity index (χ2n) is 7.42. The summed E-state index contributed by atoms with van der Waals surface area (Å²) >= 11 is 0. The number of nitrogens with zero attached hydrogens (tertiary/aromatic N) is 2. The first kappa shape index (κ1) is 19.9. The fraction of sp³-hybridized carbons (Fsp3) is 0.348. The average molecular weight is 407 g/mol. The molecule has 1 saturated carbocycles. The summed E-state index contributed by atoms with van der Waals surface area (Å²) in [5, 5.41) is 8.89. The van der Waals surface area contributed by atoms with E-state index >= 15 is 0 Å². The third-order valence-corrected chi connectivity index (χ3v) is 5.44. The van der Waals surface area contributed by atoms with Crippen molar-refractivity contribution in [3.05, 3.63) is 64.6 Å². The molecule has 7 nitrogen and oxygen atoms in total. The summed E-state index contributed by atoms with van der Waals surface area (Å²) in [5.41, 5.74) is 0.626. The van der Waals surface area contributed by atoms with Crippen molar-refractivity contribution in [1.29, 1.82) is 0 Å². The molecule has 1 amide bonds. The van der Waals surface area contributed by atoms with Crippen molar-refractivity contribution < 1.29 is 14.3 Å². The van der Waals surface area contributed by atoms with Gasteiger partial charge in [0.25, 0.3) is 11.5 Å². The second kappa shape index (κ2) is 8.98. The average Bonchev–Trinajstić information content (AvgIpc) is 3.32. The summed E-state index contributed by atoms with van der Waals surface area (Å²) in [6.45, 7) is 0.112. The summed E-state index contributed by atoms with van der Waals surface area (Å²) in [7, 11) is 1.58. The van der Waals surface area contributed by atoms with Gasteiger partial charge < -0.3 is 14.8 Å². The number of amides is 1. The SMILES string of the molecule is COc1cccc(OCC(=O)NCc2nn(C3CCCC3)c(=O)c3ccccc23)c1. The minimum absolute atomic E-state index is 0.0612. The van der Waals surface area contributed by atoms with Gasteiger partial charge in [0, 0.05) is 11.5 Å². The van der Waals surface area contributed by atoms with E-state index < -0.39 is 0 Å². The quantitative estimate of drug-likeness (QED) is 0.650. The van der Waals surface area contributed by atoms with Gasteiger partial charge in [0.2, 0.25) is 0 Å². The Morgan fingerprint density at radius 2 is 1.83 bits per heavy atom. The molecule has 0 bridgehead atoms. The van der Waals surface area contributed by atoms with E-state index in [2.05, 4.69) is 10.4 Å². The maximum atomic E-state index is 12.9. The maximum absolute atomic E-state index is 12.9. The number of fused-ring (bicyclic) bond motifs is 1. The molecule has 30 heavy (non-hydrogen) atoms. The van der Waals surface area contributed by atoms with Crippen molar-refractivity contribution in [2.24, 2.45) is 0 Å². The molecule has 0 spiro atoms. The molecule has 1 aliphatic carbocycles. The molecule has 0 radical (unpaired) electrons. The van der Waals surface area contributed by atoms with Crippen LogP contribution in [0.2, 0.25) is 0 Å². The van der Waals surface area contributed by atoms with Crippen molar-refractivity contribution in [3.63, 3.8) is 0 Å². The number of ether oxygens (including phenoxy) is 2. The van der Waals surface area contributed by atoms with Crippen LogP contribution in [0.4, 0.5) is 0 Å². The molecule has 7 heteroatoms. The largest absolute Gasteiger partial charge is 0.497 e. The predicted molar refractivity (Wildman–Crippen MR) is 114 cm³/mol. The Balaban J connectivity index is 1.48. The Kier molecular flexibility index (Phi) is 5.97. The zero-order valence-corrected chi connectivity index (χ0v) is 17.0. The van der Waals surface area contributed by atoms with Gasteiger partial charge in [-0.1, -0.05) is 37.1 Å². The van der Waals surface area contributed by atoms with Crippen LogP contribution in [0, 0.1) is 0 Å². The van der Waals surface area contributed by atoms with Gasteiger partial charge in [-0.15, -0.1) is 0 Å². The van der Waals surface area contributed by atoms with Gasteiger partial charge in [-0.3, -0.25) is 9.59 Å². The molecule has 0 saturated heterocycles. The summed E-state index contributed by atoms with van der Waals surface area (Å²) in [6, 6.07) is 14.7. The Hall–Kier alpha value is -3.35. The van der Waals surface area contributed by atoms with Crippen molar-refractivity contribution in [3.8, 4) is 11.5 Å². The van der Waals surface area contributed by atoms with E-state index in [1.807, 2.05) is 30.3 Å². The molecule has 1 fully saturated rings. The van der Waals surface area contributed by atoms with Gasteiger partial charge in [0.1, 0.15) is 11.5 Å². The van der Waals surface area contributed by atoms with E-state index in [1.165, 1.54) is 0 Å². The van der Waals surface area contributed by atoms with Crippen molar-refractivity contribution in [2.45, 2.75) is 38.3 Å². The van der Waals surface area contributed by atoms with Crippen LogP contribution in [-0.4, -0.2) is 29.4 Å². The molecular formula is C23H25N3O4. The van der Waals surface area contributed by atoms with Crippen LogP contribution in [0.25, 0.3) is 10.8 Å². The van der Waals surface area contributed by atoms with Gasteiger partial charge in [0.15, 0.2) is 6.61 Å². The fourth-order valence-electron chi connectivity index (χ4n) is 3.87. The molecule has 1 heterocycles. The van der Waals surface area contributed by atoms with Gasteiger partial charge in [0.05, 0.1) is 30.8 Å². The first-order valence-corrected chi connectivity index (χ1v) is 10.2. The van der Waals surface area contributed by atoms with Crippen molar-refractivity contribution >= 4 is 16.7 Å². The lowest BCUT2D eigenvalue weighted by atomic mass is 10.1. The maximum Gasteiger partial charge on any atom is 0.274 e. The third-order valence-electron chi connectivity index (χ3n) is 5.44. The first-order chi connectivity index (χ1) is 14.7. The molecule has 1 N–H and O–H groups in total. The number of aromatic nitrogens is 2. The lowest BCUT2D eigenvalue weighted by Crippen LogP contribution is -2.32. The normalized spacial score (nSPS) is 14.0. The summed E-state index contributed by atoms with van der Waals surface area (Å²) in [4.78, 5) is 25.2. The molecule has 0 aliphatic heterocycles. The molecule has 1 aliphatic rings. The number of carbonyl (C=O) groups excluding carboxylic acids is 1. The standard InChI is InChI=1S/C23H25N3O4/c1-29-17-9-6-10-18(13-17)30-15-22(27)24-14-21-19-11-4-5-12-20(19)23(28)26(25-21)16-7-2-3-8-16/h4-6,9-13,16H,2-3,7-8,14-15H2,1H3,(H,24,27). The lowest BCUT2D eigenvalue weighted by Gasteiger charge is -2.16. The zero-order valence-electron chi connectivity index (χ0n) is 17.0. The van der Waals surface area contributed by atoms with Crippen LogP contribution in [-0.2, 0) is 11.3 Å². The molecular weight excluding hydrogens is 382 g/mol. The Morgan fingerprint density at radius 3 is 2.60 bits per heavy atom. The zero-order chi connectivity index (χ0) is 20.9. The van der Waals surface area contributed by atoms with Crippen LogP contribution >= 0.6 is 0 Å². The minimum atomic E-state index is -0.262. The van der Waals surface area contributed by atoms with E-state index in [0.717, 1.165) is 31.1 Å². The molecule has 1 aromatic heterocycles. The van der Waals surface area contributed by atoms with Crippen LogP contribution in [0.5, 0.6) is 11.5 Å².